The van der Waals surface area contributed by atoms with Crippen LogP contribution in [0, 0.1) is 17.3 Å². The van der Waals surface area contributed by atoms with E-state index in [0.29, 0.717) is 5.78 Å². The summed E-state index contributed by atoms with van der Waals surface area (Å²) in [7, 11) is 0. The van der Waals surface area contributed by atoms with Gasteiger partial charge in [-0.2, -0.15) is 0 Å². The SMILES string of the molecule is CC(C)C(=O)C1(C2CC2)CCC1. The van der Waals surface area contributed by atoms with E-state index in [1.165, 1.54) is 32.1 Å². The minimum Gasteiger partial charge on any atom is -0.299 e. The van der Waals surface area contributed by atoms with Crippen LogP contribution in [-0.2, 0) is 4.79 Å². The molecule has 0 saturated heterocycles. The summed E-state index contributed by atoms with van der Waals surface area (Å²) in [6, 6.07) is 0. The Balaban J connectivity index is 2.11. The van der Waals surface area contributed by atoms with Gasteiger partial charge < -0.3 is 0 Å². The van der Waals surface area contributed by atoms with Crippen molar-refractivity contribution >= 4 is 5.78 Å². The number of hydrogen-bond donors (Lipinski definition) is 0. The zero-order valence-corrected chi connectivity index (χ0v) is 8.10. The first-order chi connectivity index (χ1) is 5.67. The number of Topliss-reactive ketones (excluding diaryl/α,β-unsaturated/α-hetero) is 1. The van der Waals surface area contributed by atoms with Crippen molar-refractivity contribution in [3.05, 3.63) is 0 Å². The lowest BCUT2D eigenvalue weighted by Crippen LogP contribution is -2.42. The van der Waals surface area contributed by atoms with Gasteiger partial charge in [0.05, 0.1) is 0 Å². The lowest BCUT2D eigenvalue weighted by molar-refractivity contribution is -0.138. The van der Waals surface area contributed by atoms with E-state index >= 15 is 0 Å². The van der Waals surface area contributed by atoms with E-state index in [9.17, 15) is 4.79 Å². The lowest BCUT2D eigenvalue weighted by Gasteiger charge is -2.42. The van der Waals surface area contributed by atoms with Gasteiger partial charge in [-0.05, 0) is 31.6 Å². The van der Waals surface area contributed by atoms with Crippen LogP contribution in [0.2, 0.25) is 0 Å². The van der Waals surface area contributed by atoms with Gasteiger partial charge in [-0.25, -0.2) is 0 Å². The second-order valence-electron chi connectivity index (χ2n) is 4.80. The predicted octanol–water partition coefficient (Wildman–Crippen LogP) is 2.79. The molecule has 2 rings (SSSR count). The van der Waals surface area contributed by atoms with Crippen LogP contribution in [0.15, 0.2) is 0 Å². The first kappa shape index (κ1) is 8.28. The van der Waals surface area contributed by atoms with Crippen LogP contribution in [-0.4, -0.2) is 5.78 Å². The first-order valence-corrected chi connectivity index (χ1v) is 5.21. The molecule has 0 radical (unpaired) electrons. The third kappa shape index (κ3) is 1.02. The summed E-state index contributed by atoms with van der Waals surface area (Å²) in [5, 5.41) is 0. The van der Waals surface area contributed by atoms with Gasteiger partial charge in [0.1, 0.15) is 5.78 Å². The van der Waals surface area contributed by atoms with Crippen molar-refractivity contribution in [3.63, 3.8) is 0 Å². The summed E-state index contributed by atoms with van der Waals surface area (Å²) < 4.78 is 0. The maximum atomic E-state index is 11.9. The van der Waals surface area contributed by atoms with Gasteiger partial charge in [0.2, 0.25) is 0 Å². The largest absolute Gasteiger partial charge is 0.299 e. The highest BCUT2D eigenvalue weighted by molar-refractivity contribution is 5.87. The second-order valence-corrected chi connectivity index (χ2v) is 4.80. The fourth-order valence-electron chi connectivity index (χ4n) is 2.62. The quantitative estimate of drug-likeness (QED) is 0.630. The maximum Gasteiger partial charge on any atom is 0.141 e. The van der Waals surface area contributed by atoms with E-state index in [1.807, 2.05) is 13.8 Å². The zero-order chi connectivity index (χ0) is 8.77. The van der Waals surface area contributed by atoms with Crippen molar-refractivity contribution in [2.24, 2.45) is 17.3 Å². The Bertz CT molecular complexity index is 197. The number of hydrogen-bond acceptors (Lipinski definition) is 1. The highest BCUT2D eigenvalue weighted by atomic mass is 16.1. The van der Waals surface area contributed by atoms with Gasteiger partial charge in [0.15, 0.2) is 0 Å². The van der Waals surface area contributed by atoms with Gasteiger partial charge in [-0.1, -0.05) is 20.3 Å². The smallest absolute Gasteiger partial charge is 0.141 e. The Morgan fingerprint density at radius 1 is 1.33 bits per heavy atom. The summed E-state index contributed by atoms with van der Waals surface area (Å²) >= 11 is 0. The number of rotatable bonds is 3. The molecular formula is C11H18O. The number of ketones is 1. The van der Waals surface area contributed by atoms with Gasteiger partial charge in [-0.15, -0.1) is 0 Å². The highest BCUT2D eigenvalue weighted by Crippen LogP contribution is 2.58. The van der Waals surface area contributed by atoms with Crippen LogP contribution in [0.3, 0.4) is 0 Å². The van der Waals surface area contributed by atoms with Crippen LogP contribution >= 0.6 is 0 Å². The van der Waals surface area contributed by atoms with Crippen LogP contribution in [0.1, 0.15) is 46.0 Å². The van der Waals surface area contributed by atoms with E-state index in [2.05, 4.69) is 0 Å². The minimum atomic E-state index is 0.175. The van der Waals surface area contributed by atoms with Crippen LogP contribution < -0.4 is 0 Å². The molecule has 68 valence electrons. The fraction of sp³-hybridized carbons (Fsp3) is 0.909. The summed E-state index contributed by atoms with van der Waals surface area (Å²) in [6.45, 7) is 4.09. The van der Waals surface area contributed by atoms with Gasteiger partial charge in [0, 0.05) is 11.3 Å². The van der Waals surface area contributed by atoms with Gasteiger partial charge in [-0.3, -0.25) is 4.79 Å². The summed E-state index contributed by atoms with van der Waals surface area (Å²) in [6.07, 6.45) is 6.30. The van der Waals surface area contributed by atoms with E-state index in [0.717, 1.165) is 5.92 Å². The Labute approximate surface area is 74.5 Å². The standard InChI is InChI=1S/C11H18O/c1-8(2)10(12)11(6-3-7-11)9-4-5-9/h8-9H,3-7H2,1-2H3. The normalized spacial score (nSPS) is 26.9. The maximum absolute atomic E-state index is 11.9. The molecule has 2 aliphatic carbocycles. The molecule has 0 bridgehead atoms. The van der Waals surface area contributed by atoms with E-state index in [1.54, 1.807) is 0 Å². The van der Waals surface area contributed by atoms with Gasteiger partial charge >= 0.3 is 0 Å². The zero-order valence-electron chi connectivity index (χ0n) is 8.10. The van der Waals surface area contributed by atoms with Crippen molar-refractivity contribution in [2.45, 2.75) is 46.0 Å². The van der Waals surface area contributed by atoms with Gasteiger partial charge in [0.25, 0.3) is 0 Å². The molecule has 0 N–H and O–H groups in total. The Hall–Kier alpha value is -0.330. The molecule has 0 spiro atoms. The molecule has 0 unspecified atom stereocenters. The molecule has 0 amide bonds. The monoisotopic (exact) mass is 166 g/mol. The Morgan fingerprint density at radius 2 is 1.92 bits per heavy atom. The molecule has 1 nitrogen and oxygen atoms in total. The average molecular weight is 166 g/mol. The van der Waals surface area contributed by atoms with Crippen molar-refractivity contribution in [1.82, 2.24) is 0 Å². The topological polar surface area (TPSA) is 17.1 Å². The molecule has 1 heteroatoms. The van der Waals surface area contributed by atoms with Crippen LogP contribution in [0.25, 0.3) is 0 Å². The molecule has 0 aromatic carbocycles. The molecule has 0 heterocycles. The van der Waals surface area contributed by atoms with E-state index in [4.69, 9.17) is 0 Å². The third-order valence-electron chi connectivity index (χ3n) is 3.62. The Kier molecular flexibility index (Phi) is 1.78. The summed E-state index contributed by atoms with van der Waals surface area (Å²) in [5.41, 5.74) is 0.175. The molecule has 12 heavy (non-hydrogen) atoms. The van der Waals surface area contributed by atoms with Crippen molar-refractivity contribution in [3.8, 4) is 0 Å². The Morgan fingerprint density at radius 3 is 2.17 bits per heavy atom. The minimum absolute atomic E-state index is 0.175. The molecular weight excluding hydrogens is 148 g/mol. The molecule has 0 atom stereocenters. The van der Waals surface area contributed by atoms with Crippen molar-refractivity contribution in [2.75, 3.05) is 0 Å². The number of carbonyl (C=O) groups excluding carboxylic acids is 1. The third-order valence-corrected chi connectivity index (χ3v) is 3.62. The van der Waals surface area contributed by atoms with Crippen molar-refractivity contribution < 1.29 is 4.79 Å². The predicted molar refractivity (Wildman–Crippen MR) is 48.9 cm³/mol. The molecule has 0 aromatic rings. The molecule has 2 aliphatic rings. The lowest BCUT2D eigenvalue weighted by atomic mass is 9.60. The molecule has 2 saturated carbocycles. The summed E-state index contributed by atoms with van der Waals surface area (Å²) in [4.78, 5) is 11.9. The summed E-state index contributed by atoms with van der Waals surface area (Å²) in [5.74, 6) is 1.59. The van der Waals surface area contributed by atoms with Crippen molar-refractivity contribution in [1.29, 1.82) is 0 Å². The molecule has 0 aliphatic heterocycles. The average Bonchev–Trinajstić information content (AvgIpc) is 2.68. The van der Waals surface area contributed by atoms with E-state index in [-0.39, 0.29) is 11.3 Å². The van der Waals surface area contributed by atoms with E-state index < -0.39 is 0 Å². The fourth-order valence-corrected chi connectivity index (χ4v) is 2.62. The first-order valence-electron chi connectivity index (χ1n) is 5.21. The second kappa shape index (κ2) is 2.58. The highest BCUT2D eigenvalue weighted by Gasteiger charge is 2.54. The van der Waals surface area contributed by atoms with Crippen LogP contribution in [0.4, 0.5) is 0 Å². The number of carbonyl (C=O) groups is 1. The van der Waals surface area contributed by atoms with Crippen LogP contribution in [0.5, 0.6) is 0 Å². The molecule has 2 fully saturated rings. The molecule has 0 aromatic heterocycles.